The predicted octanol–water partition coefficient (Wildman–Crippen LogP) is 1.87. The van der Waals surface area contributed by atoms with Gasteiger partial charge in [0.1, 0.15) is 17.4 Å². The Morgan fingerprint density at radius 3 is 2.38 bits per heavy atom. The van der Waals surface area contributed by atoms with Crippen LogP contribution in [0.5, 0.6) is 5.75 Å². The molecule has 0 aliphatic carbocycles. The first-order chi connectivity index (χ1) is 9.81. The highest BCUT2D eigenvalue weighted by molar-refractivity contribution is 5.83. The summed E-state index contributed by atoms with van der Waals surface area (Å²) in [6, 6.07) is 7.53. The lowest BCUT2D eigenvalue weighted by molar-refractivity contribution is -0.137. The Kier molecular flexibility index (Phi) is 6.17. The summed E-state index contributed by atoms with van der Waals surface area (Å²) in [4.78, 5) is 23.7. The molecule has 21 heavy (non-hydrogen) atoms. The third-order valence-corrected chi connectivity index (χ3v) is 2.35. The summed E-state index contributed by atoms with van der Waals surface area (Å²) in [5.41, 5.74) is -0.669. The Balaban J connectivity index is 2.63. The largest absolute Gasteiger partial charge is 0.444 e. The zero-order valence-electron chi connectivity index (χ0n) is 12.5. The molecule has 1 aromatic carbocycles. The lowest BCUT2D eigenvalue weighted by atomic mass is 10.2. The molecule has 1 amide bonds. The first kappa shape index (κ1) is 17.0. The van der Waals surface area contributed by atoms with Gasteiger partial charge in [-0.25, -0.2) is 9.59 Å². The van der Waals surface area contributed by atoms with Crippen LogP contribution in [0.2, 0.25) is 0 Å². The minimum Gasteiger partial charge on any atom is -0.444 e. The standard InChI is InChI=1S/C15H21NO5/c1-15(2,3)21-14(19)16-12(9-10-17)13(18)20-11-7-5-4-6-8-11/h4-8,12,17H,9-10H2,1-3H3,(H,16,19)/t12-/m1/s1. The maximum atomic E-state index is 12.0. The Hall–Kier alpha value is -2.08. The highest BCUT2D eigenvalue weighted by atomic mass is 16.6. The van der Waals surface area contributed by atoms with Gasteiger partial charge in [-0.1, -0.05) is 18.2 Å². The summed E-state index contributed by atoms with van der Waals surface area (Å²) in [6.07, 6.45) is -0.684. The van der Waals surface area contributed by atoms with Crippen LogP contribution >= 0.6 is 0 Å². The fourth-order valence-electron chi connectivity index (χ4n) is 1.50. The molecule has 0 spiro atoms. The number of rotatable bonds is 5. The van der Waals surface area contributed by atoms with Crippen LogP contribution in [0.4, 0.5) is 4.79 Å². The molecule has 0 radical (unpaired) electrons. The number of aliphatic hydroxyl groups excluding tert-OH is 1. The average molecular weight is 295 g/mol. The van der Waals surface area contributed by atoms with Crippen LogP contribution in [0.25, 0.3) is 0 Å². The molecule has 6 heteroatoms. The minimum absolute atomic E-state index is 0.0465. The number of aliphatic hydroxyl groups is 1. The molecule has 0 aromatic heterocycles. The average Bonchev–Trinajstić information content (AvgIpc) is 2.37. The molecule has 0 unspecified atom stereocenters. The molecule has 2 N–H and O–H groups in total. The molecule has 0 saturated carbocycles. The molecule has 0 bridgehead atoms. The van der Waals surface area contributed by atoms with Crippen molar-refractivity contribution in [2.75, 3.05) is 6.61 Å². The molecule has 1 aromatic rings. The molecular weight excluding hydrogens is 274 g/mol. The van der Waals surface area contributed by atoms with Gasteiger partial charge in [0, 0.05) is 13.0 Å². The van der Waals surface area contributed by atoms with E-state index < -0.39 is 23.7 Å². The molecule has 1 rings (SSSR count). The zero-order valence-corrected chi connectivity index (χ0v) is 12.5. The molecule has 0 aliphatic heterocycles. The number of hydrogen-bond acceptors (Lipinski definition) is 5. The molecule has 0 aliphatic rings. The van der Waals surface area contributed by atoms with Crippen LogP contribution in [0.3, 0.4) is 0 Å². The molecule has 0 fully saturated rings. The monoisotopic (exact) mass is 295 g/mol. The number of alkyl carbamates (subject to hydrolysis) is 1. The van der Waals surface area contributed by atoms with Crippen molar-refractivity contribution in [3.8, 4) is 5.75 Å². The quantitative estimate of drug-likeness (QED) is 0.640. The topological polar surface area (TPSA) is 84.9 Å². The van der Waals surface area contributed by atoms with E-state index in [-0.39, 0.29) is 13.0 Å². The molecule has 1 atom stereocenters. The molecular formula is C15H21NO5. The number of para-hydroxylation sites is 1. The van der Waals surface area contributed by atoms with Gasteiger partial charge in [0.2, 0.25) is 0 Å². The van der Waals surface area contributed by atoms with Crippen LogP contribution in [0.1, 0.15) is 27.2 Å². The van der Waals surface area contributed by atoms with Crippen LogP contribution in [-0.4, -0.2) is 35.4 Å². The van der Waals surface area contributed by atoms with Crippen molar-refractivity contribution in [1.29, 1.82) is 0 Å². The first-order valence-electron chi connectivity index (χ1n) is 6.69. The fraction of sp³-hybridized carbons (Fsp3) is 0.467. The molecule has 6 nitrogen and oxygen atoms in total. The summed E-state index contributed by atoms with van der Waals surface area (Å²) in [7, 11) is 0. The molecule has 0 heterocycles. The number of carbonyl (C=O) groups excluding carboxylic acids is 2. The highest BCUT2D eigenvalue weighted by Gasteiger charge is 2.25. The number of nitrogens with one attached hydrogen (secondary N) is 1. The van der Waals surface area contributed by atoms with Crippen LogP contribution in [0, 0.1) is 0 Å². The van der Waals surface area contributed by atoms with Gasteiger partial charge in [0.05, 0.1) is 0 Å². The van der Waals surface area contributed by atoms with Crippen molar-refractivity contribution in [3.63, 3.8) is 0 Å². The maximum absolute atomic E-state index is 12.0. The van der Waals surface area contributed by atoms with Crippen LogP contribution < -0.4 is 10.1 Å². The van der Waals surface area contributed by atoms with E-state index in [9.17, 15) is 9.59 Å². The summed E-state index contributed by atoms with van der Waals surface area (Å²) >= 11 is 0. The second-order valence-corrected chi connectivity index (χ2v) is 5.45. The van der Waals surface area contributed by atoms with Gasteiger partial charge in [-0.15, -0.1) is 0 Å². The van der Waals surface area contributed by atoms with E-state index in [4.69, 9.17) is 14.6 Å². The van der Waals surface area contributed by atoms with Gasteiger partial charge in [-0.2, -0.15) is 0 Å². The third-order valence-electron chi connectivity index (χ3n) is 2.35. The Morgan fingerprint density at radius 2 is 1.86 bits per heavy atom. The minimum atomic E-state index is -0.968. The van der Waals surface area contributed by atoms with Gasteiger partial charge >= 0.3 is 12.1 Å². The van der Waals surface area contributed by atoms with Crippen molar-refractivity contribution >= 4 is 12.1 Å². The van der Waals surface area contributed by atoms with E-state index in [2.05, 4.69) is 5.32 Å². The lowest BCUT2D eigenvalue weighted by Gasteiger charge is -2.22. The summed E-state index contributed by atoms with van der Waals surface area (Å²) in [6.45, 7) is 4.89. The van der Waals surface area contributed by atoms with E-state index in [1.165, 1.54) is 0 Å². The second kappa shape index (κ2) is 7.64. The smallest absolute Gasteiger partial charge is 0.408 e. The summed E-state index contributed by atoms with van der Waals surface area (Å²) in [5.74, 6) is -0.280. The van der Waals surface area contributed by atoms with Gasteiger partial charge in [0.15, 0.2) is 0 Å². The number of carbonyl (C=O) groups is 2. The van der Waals surface area contributed by atoms with E-state index in [0.717, 1.165) is 0 Å². The number of esters is 1. The first-order valence-corrected chi connectivity index (χ1v) is 6.69. The van der Waals surface area contributed by atoms with Crippen molar-refractivity contribution in [3.05, 3.63) is 30.3 Å². The zero-order chi connectivity index (χ0) is 15.9. The van der Waals surface area contributed by atoms with Gasteiger partial charge in [0.25, 0.3) is 0 Å². The van der Waals surface area contributed by atoms with E-state index >= 15 is 0 Å². The van der Waals surface area contributed by atoms with E-state index in [0.29, 0.717) is 5.75 Å². The van der Waals surface area contributed by atoms with Crippen LogP contribution in [-0.2, 0) is 9.53 Å². The van der Waals surface area contributed by atoms with Crippen molar-refractivity contribution in [2.24, 2.45) is 0 Å². The van der Waals surface area contributed by atoms with Crippen molar-refractivity contribution < 1.29 is 24.2 Å². The number of hydrogen-bond donors (Lipinski definition) is 2. The molecule has 0 saturated heterocycles. The Bertz CT molecular complexity index is 467. The lowest BCUT2D eigenvalue weighted by Crippen LogP contribution is -2.45. The maximum Gasteiger partial charge on any atom is 0.408 e. The van der Waals surface area contributed by atoms with E-state index in [1.54, 1.807) is 51.1 Å². The summed E-state index contributed by atoms with van der Waals surface area (Å²) < 4.78 is 10.2. The SMILES string of the molecule is CC(C)(C)OC(=O)N[C@H](CCO)C(=O)Oc1ccccc1. The number of amides is 1. The Morgan fingerprint density at radius 1 is 1.24 bits per heavy atom. The third kappa shape index (κ3) is 6.76. The summed E-state index contributed by atoms with van der Waals surface area (Å²) in [5, 5.41) is 11.4. The number of ether oxygens (including phenoxy) is 2. The van der Waals surface area contributed by atoms with Crippen molar-refractivity contribution in [2.45, 2.75) is 38.8 Å². The predicted molar refractivity (Wildman–Crippen MR) is 76.9 cm³/mol. The fourth-order valence-corrected chi connectivity index (χ4v) is 1.50. The van der Waals surface area contributed by atoms with Crippen LogP contribution in [0.15, 0.2) is 30.3 Å². The second-order valence-electron chi connectivity index (χ2n) is 5.45. The van der Waals surface area contributed by atoms with E-state index in [1.807, 2.05) is 0 Å². The highest BCUT2D eigenvalue weighted by Crippen LogP contribution is 2.11. The van der Waals surface area contributed by atoms with Gasteiger partial charge < -0.3 is 19.9 Å². The molecule has 116 valence electrons. The van der Waals surface area contributed by atoms with Crippen molar-refractivity contribution in [1.82, 2.24) is 5.32 Å². The number of benzene rings is 1. The van der Waals surface area contributed by atoms with Gasteiger partial charge in [-0.3, -0.25) is 0 Å². The van der Waals surface area contributed by atoms with Gasteiger partial charge in [-0.05, 0) is 32.9 Å². The Labute approximate surface area is 124 Å². The normalized spacial score (nSPS) is 12.4.